The van der Waals surface area contributed by atoms with Crippen molar-refractivity contribution in [1.29, 1.82) is 0 Å². The number of benzene rings is 1. The Morgan fingerprint density at radius 1 is 1.38 bits per heavy atom. The van der Waals surface area contributed by atoms with Gasteiger partial charge >= 0.3 is 89.1 Å². The molecule has 1 aromatic carbocycles. The van der Waals surface area contributed by atoms with Gasteiger partial charge in [0, 0.05) is 0 Å². The summed E-state index contributed by atoms with van der Waals surface area (Å²) < 4.78 is 2.67. The summed E-state index contributed by atoms with van der Waals surface area (Å²) in [5.41, 5.74) is 0. The van der Waals surface area contributed by atoms with E-state index in [1.165, 1.54) is 0 Å². The molecule has 0 atom stereocenters. The maximum atomic E-state index is 10.7. The molecule has 66 valence electrons. The standard InChI is InChI=1S/C9H5BrO2Se/c10-6-2-1-5-3-8(9(11)12)13-7(5)4-6/h1-4H,(H,11,12). The van der Waals surface area contributed by atoms with Gasteiger partial charge in [-0.1, -0.05) is 0 Å². The first-order chi connectivity index (χ1) is 6.16. The molecule has 1 heterocycles. The van der Waals surface area contributed by atoms with E-state index >= 15 is 0 Å². The molecule has 13 heavy (non-hydrogen) atoms. The SMILES string of the molecule is O=C(O)c1cc2ccc(Br)cc2[se]1. The van der Waals surface area contributed by atoms with E-state index in [-0.39, 0.29) is 14.5 Å². The van der Waals surface area contributed by atoms with E-state index < -0.39 is 5.97 Å². The minimum atomic E-state index is -0.799. The topological polar surface area (TPSA) is 37.3 Å². The van der Waals surface area contributed by atoms with Crippen molar-refractivity contribution < 1.29 is 9.90 Å². The molecule has 0 saturated carbocycles. The van der Waals surface area contributed by atoms with Gasteiger partial charge in [0.1, 0.15) is 0 Å². The average molecular weight is 304 g/mol. The molecule has 0 aliphatic carbocycles. The molecule has 0 saturated heterocycles. The molecule has 0 fully saturated rings. The van der Waals surface area contributed by atoms with E-state index in [9.17, 15) is 4.79 Å². The Hall–Kier alpha value is -0.571. The van der Waals surface area contributed by atoms with E-state index in [1.807, 2.05) is 18.2 Å². The van der Waals surface area contributed by atoms with Crippen molar-refractivity contribution in [3.8, 4) is 0 Å². The Morgan fingerprint density at radius 3 is 2.85 bits per heavy atom. The van der Waals surface area contributed by atoms with Crippen molar-refractivity contribution in [2.75, 3.05) is 0 Å². The number of rotatable bonds is 1. The monoisotopic (exact) mass is 304 g/mol. The summed E-state index contributed by atoms with van der Waals surface area (Å²) in [4.78, 5) is 10.7. The van der Waals surface area contributed by atoms with Gasteiger partial charge in [0.15, 0.2) is 0 Å². The molecule has 0 bridgehead atoms. The van der Waals surface area contributed by atoms with E-state index in [1.54, 1.807) is 6.07 Å². The van der Waals surface area contributed by atoms with Crippen molar-refractivity contribution >= 4 is 46.0 Å². The van der Waals surface area contributed by atoms with Crippen LogP contribution in [-0.4, -0.2) is 25.6 Å². The Morgan fingerprint density at radius 2 is 2.15 bits per heavy atom. The fourth-order valence-corrected chi connectivity index (χ4v) is 3.79. The van der Waals surface area contributed by atoms with Crippen LogP contribution >= 0.6 is 15.9 Å². The molecule has 0 spiro atoms. The molecule has 0 aliphatic rings. The first-order valence-electron chi connectivity index (χ1n) is 3.59. The zero-order valence-electron chi connectivity index (χ0n) is 6.45. The minimum absolute atomic E-state index is 0.0368. The Bertz CT molecular complexity index is 475. The molecule has 1 aromatic heterocycles. The van der Waals surface area contributed by atoms with Crippen LogP contribution in [0.5, 0.6) is 0 Å². The van der Waals surface area contributed by atoms with Crippen LogP contribution in [-0.2, 0) is 0 Å². The summed E-state index contributed by atoms with van der Waals surface area (Å²) in [5.74, 6) is -0.799. The molecule has 0 radical (unpaired) electrons. The van der Waals surface area contributed by atoms with E-state index in [4.69, 9.17) is 5.11 Å². The molecular weight excluding hydrogens is 299 g/mol. The van der Waals surface area contributed by atoms with Crippen LogP contribution in [0, 0.1) is 0 Å². The summed E-state index contributed by atoms with van der Waals surface area (Å²) in [6.45, 7) is 0. The molecular formula is C9H5BrO2Se. The Labute approximate surface area is 89.1 Å². The molecule has 0 amide bonds. The second kappa shape index (κ2) is 3.29. The second-order valence-corrected chi connectivity index (χ2v) is 5.79. The molecule has 0 unspecified atom stereocenters. The number of carboxylic acids is 1. The van der Waals surface area contributed by atoms with E-state index in [0.717, 1.165) is 14.1 Å². The molecule has 4 heteroatoms. The first-order valence-corrected chi connectivity index (χ1v) is 6.10. The first kappa shape index (κ1) is 9.00. The van der Waals surface area contributed by atoms with Gasteiger partial charge in [0.2, 0.25) is 0 Å². The van der Waals surface area contributed by atoms with Gasteiger partial charge < -0.3 is 0 Å². The number of aromatic carboxylic acids is 1. The van der Waals surface area contributed by atoms with Crippen molar-refractivity contribution in [3.05, 3.63) is 33.2 Å². The van der Waals surface area contributed by atoms with Crippen LogP contribution in [0.15, 0.2) is 28.7 Å². The quantitative estimate of drug-likeness (QED) is 0.821. The fraction of sp³-hybridized carbons (Fsp3) is 0. The van der Waals surface area contributed by atoms with Crippen LogP contribution in [0.4, 0.5) is 0 Å². The summed E-state index contributed by atoms with van der Waals surface area (Å²) >= 11 is 3.32. The van der Waals surface area contributed by atoms with Crippen molar-refractivity contribution in [2.45, 2.75) is 0 Å². The molecule has 2 rings (SSSR count). The van der Waals surface area contributed by atoms with Gasteiger partial charge in [0.25, 0.3) is 0 Å². The second-order valence-electron chi connectivity index (χ2n) is 2.60. The molecule has 2 nitrogen and oxygen atoms in total. The normalized spacial score (nSPS) is 10.5. The summed E-state index contributed by atoms with van der Waals surface area (Å²) in [6, 6.07) is 7.61. The van der Waals surface area contributed by atoms with Crippen molar-refractivity contribution in [2.24, 2.45) is 0 Å². The Balaban J connectivity index is 2.68. The average Bonchev–Trinajstić information content (AvgIpc) is 2.46. The van der Waals surface area contributed by atoms with Gasteiger partial charge in [-0.2, -0.15) is 0 Å². The number of halogens is 1. The summed E-state index contributed by atoms with van der Waals surface area (Å²) in [5, 5.41) is 9.83. The fourth-order valence-electron chi connectivity index (χ4n) is 1.11. The summed E-state index contributed by atoms with van der Waals surface area (Å²) in [7, 11) is 0. The zero-order valence-corrected chi connectivity index (χ0v) is 9.75. The van der Waals surface area contributed by atoms with Gasteiger partial charge in [-0.3, -0.25) is 0 Å². The van der Waals surface area contributed by atoms with Gasteiger partial charge in [-0.05, 0) is 0 Å². The van der Waals surface area contributed by atoms with Crippen LogP contribution in [0.1, 0.15) is 9.23 Å². The zero-order chi connectivity index (χ0) is 9.42. The van der Waals surface area contributed by atoms with Gasteiger partial charge in [-0.15, -0.1) is 0 Å². The maximum absolute atomic E-state index is 10.7. The number of carbonyl (C=O) groups is 1. The van der Waals surface area contributed by atoms with Crippen LogP contribution in [0.25, 0.3) is 9.65 Å². The van der Waals surface area contributed by atoms with E-state index in [0.29, 0.717) is 4.44 Å². The third-order valence-electron chi connectivity index (χ3n) is 1.69. The number of carboxylic acid groups (broad SMARTS) is 1. The predicted octanol–water partition coefficient (Wildman–Crippen LogP) is 2.36. The predicted molar refractivity (Wildman–Crippen MR) is 55.5 cm³/mol. The van der Waals surface area contributed by atoms with Crippen LogP contribution in [0.3, 0.4) is 0 Å². The van der Waals surface area contributed by atoms with Crippen LogP contribution < -0.4 is 0 Å². The van der Waals surface area contributed by atoms with Crippen molar-refractivity contribution in [1.82, 2.24) is 0 Å². The Kier molecular flexibility index (Phi) is 2.28. The van der Waals surface area contributed by atoms with Gasteiger partial charge in [0.05, 0.1) is 0 Å². The van der Waals surface area contributed by atoms with E-state index in [2.05, 4.69) is 15.9 Å². The summed E-state index contributed by atoms with van der Waals surface area (Å²) in [6.07, 6.45) is 0. The molecule has 0 aliphatic heterocycles. The third-order valence-corrected chi connectivity index (χ3v) is 4.46. The van der Waals surface area contributed by atoms with Crippen molar-refractivity contribution in [3.63, 3.8) is 0 Å². The molecule has 1 N–H and O–H groups in total. The molecule has 2 aromatic rings. The number of fused-ring (bicyclic) bond motifs is 1. The third kappa shape index (κ3) is 1.70. The number of hydrogen-bond acceptors (Lipinski definition) is 1. The van der Waals surface area contributed by atoms with Gasteiger partial charge in [-0.25, -0.2) is 0 Å². The van der Waals surface area contributed by atoms with Crippen LogP contribution in [0.2, 0.25) is 0 Å². The number of hydrogen-bond donors (Lipinski definition) is 1.